The van der Waals surface area contributed by atoms with Gasteiger partial charge in [0.25, 0.3) is 0 Å². The number of aryl methyl sites for hydroxylation is 2. The second-order valence-electron chi connectivity index (χ2n) is 2.56. The molecule has 11 heavy (non-hydrogen) atoms. The van der Waals surface area contributed by atoms with Crippen LogP contribution in [-0.4, -0.2) is 16.8 Å². The molecule has 1 aromatic heterocycles. The zero-order valence-corrected chi connectivity index (χ0v) is 7.20. The first kappa shape index (κ1) is 7.85. The summed E-state index contributed by atoms with van der Waals surface area (Å²) in [4.78, 5) is 1.88. The van der Waals surface area contributed by atoms with Crippen LogP contribution in [0.1, 0.15) is 5.69 Å². The lowest BCUT2D eigenvalue weighted by Crippen LogP contribution is -2.07. The highest BCUT2D eigenvalue weighted by atomic mass is 15.3. The molecule has 0 saturated carbocycles. The molecule has 0 radical (unpaired) electrons. The quantitative estimate of drug-likeness (QED) is 0.635. The molecule has 0 aliphatic carbocycles. The van der Waals surface area contributed by atoms with Crippen molar-refractivity contribution in [3.8, 4) is 0 Å². The third-order valence-electron chi connectivity index (χ3n) is 1.74. The zero-order valence-electron chi connectivity index (χ0n) is 7.20. The van der Waals surface area contributed by atoms with Crippen molar-refractivity contribution < 1.29 is 0 Å². The van der Waals surface area contributed by atoms with E-state index in [0.717, 1.165) is 11.5 Å². The third kappa shape index (κ3) is 1.42. The fourth-order valence-electron chi connectivity index (χ4n) is 0.808. The predicted octanol–water partition coefficient (Wildman–Crippen LogP) is 1.31. The van der Waals surface area contributed by atoms with E-state index in [1.165, 1.54) is 0 Å². The molecule has 3 heteroatoms. The van der Waals surface area contributed by atoms with Crippen molar-refractivity contribution in [3.05, 3.63) is 24.5 Å². The van der Waals surface area contributed by atoms with Crippen LogP contribution in [0.2, 0.25) is 0 Å². The van der Waals surface area contributed by atoms with E-state index in [4.69, 9.17) is 0 Å². The van der Waals surface area contributed by atoms with Crippen LogP contribution in [0.5, 0.6) is 0 Å². The SMILES string of the molecule is C=CN(C)c1cc(C)n(C)n1. The van der Waals surface area contributed by atoms with Crippen molar-refractivity contribution in [2.75, 3.05) is 11.9 Å². The molecule has 0 unspecified atom stereocenters. The van der Waals surface area contributed by atoms with Crippen LogP contribution in [0.3, 0.4) is 0 Å². The Morgan fingerprint density at radius 3 is 2.73 bits per heavy atom. The van der Waals surface area contributed by atoms with E-state index < -0.39 is 0 Å². The van der Waals surface area contributed by atoms with E-state index in [0.29, 0.717) is 0 Å². The Morgan fingerprint density at radius 1 is 1.73 bits per heavy atom. The highest BCUT2D eigenvalue weighted by Gasteiger charge is 2.01. The lowest BCUT2D eigenvalue weighted by molar-refractivity contribution is 0.738. The summed E-state index contributed by atoms with van der Waals surface area (Å²) in [5.41, 5.74) is 1.15. The summed E-state index contributed by atoms with van der Waals surface area (Å²) in [5.74, 6) is 0.931. The van der Waals surface area contributed by atoms with Crippen molar-refractivity contribution in [1.82, 2.24) is 9.78 Å². The molecule has 0 bridgehead atoms. The summed E-state index contributed by atoms with van der Waals surface area (Å²) in [6.07, 6.45) is 1.74. The molecule has 3 nitrogen and oxygen atoms in total. The van der Waals surface area contributed by atoms with Crippen molar-refractivity contribution >= 4 is 5.82 Å². The van der Waals surface area contributed by atoms with Crippen LogP contribution in [0.25, 0.3) is 0 Å². The first-order valence-corrected chi connectivity index (χ1v) is 3.51. The number of anilines is 1. The molecule has 0 fully saturated rings. The van der Waals surface area contributed by atoms with E-state index in [-0.39, 0.29) is 0 Å². The second-order valence-corrected chi connectivity index (χ2v) is 2.56. The largest absolute Gasteiger partial charge is 0.335 e. The molecular weight excluding hydrogens is 138 g/mol. The van der Waals surface area contributed by atoms with Gasteiger partial charge in [-0.3, -0.25) is 4.68 Å². The van der Waals surface area contributed by atoms with Crippen LogP contribution in [-0.2, 0) is 7.05 Å². The fourth-order valence-corrected chi connectivity index (χ4v) is 0.808. The summed E-state index contributed by atoms with van der Waals surface area (Å²) in [5, 5.41) is 4.25. The number of aromatic nitrogens is 2. The van der Waals surface area contributed by atoms with Crippen LogP contribution in [0.4, 0.5) is 5.82 Å². The van der Waals surface area contributed by atoms with Gasteiger partial charge in [0.05, 0.1) is 0 Å². The van der Waals surface area contributed by atoms with Crippen LogP contribution in [0.15, 0.2) is 18.8 Å². The molecule has 1 rings (SSSR count). The van der Waals surface area contributed by atoms with Gasteiger partial charge >= 0.3 is 0 Å². The van der Waals surface area contributed by atoms with Crippen LogP contribution >= 0.6 is 0 Å². The molecule has 0 saturated heterocycles. The normalized spacial score (nSPS) is 9.73. The minimum atomic E-state index is 0.931. The van der Waals surface area contributed by atoms with E-state index >= 15 is 0 Å². The molecule has 1 aromatic rings. The Hall–Kier alpha value is -1.25. The standard InChI is InChI=1S/C8H13N3/c1-5-10(3)8-6-7(2)11(4)9-8/h5-6H,1H2,2-4H3. The van der Waals surface area contributed by atoms with Gasteiger partial charge < -0.3 is 4.90 Å². The summed E-state index contributed by atoms with van der Waals surface area (Å²) < 4.78 is 1.84. The van der Waals surface area contributed by atoms with Gasteiger partial charge in [-0.1, -0.05) is 6.58 Å². The Labute approximate surface area is 66.9 Å². The van der Waals surface area contributed by atoms with E-state index in [9.17, 15) is 0 Å². The topological polar surface area (TPSA) is 21.1 Å². The molecule has 0 atom stereocenters. The van der Waals surface area contributed by atoms with Gasteiger partial charge in [-0.05, 0) is 13.1 Å². The average Bonchev–Trinajstić information content (AvgIpc) is 2.31. The second kappa shape index (κ2) is 2.78. The van der Waals surface area contributed by atoms with Gasteiger partial charge in [0, 0.05) is 25.9 Å². The van der Waals surface area contributed by atoms with E-state index in [2.05, 4.69) is 11.7 Å². The number of rotatable bonds is 2. The lowest BCUT2D eigenvalue weighted by Gasteiger charge is -2.07. The molecule has 0 aliphatic rings. The van der Waals surface area contributed by atoms with Crippen molar-refractivity contribution in [2.45, 2.75) is 6.92 Å². The number of nitrogens with zero attached hydrogens (tertiary/aromatic N) is 3. The molecule has 0 aliphatic heterocycles. The molecule has 0 N–H and O–H groups in total. The molecule has 0 amide bonds. The minimum Gasteiger partial charge on any atom is -0.335 e. The Morgan fingerprint density at radius 2 is 2.36 bits per heavy atom. The number of hydrogen-bond donors (Lipinski definition) is 0. The zero-order chi connectivity index (χ0) is 8.43. The Bertz CT molecular complexity index is 243. The molecule has 0 spiro atoms. The smallest absolute Gasteiger partial charge is 0.154 e. The lowest BCUT2D eigenvalue weighted by atomic mass is 10.4. The molecular formula is C8H13N3. The summed E-state index contributed by atoms with van der Waals surface area (Å²) in [7, 11) is 3.85. The van der Waals surface area contributed by atoms with Gasteiger partial charge in [-0.2, -0.15) is 5.10 Å². The minimum absolute atomic E-state index is 0.931. The van der Waals surface area contributed by atoms with Crippen LogP contribution < -0.4 is 4.90 Å². The fraction of sp³-hybridized carbons (Fsp3) is 0.375. The summed E-state index contributed by atoms with van der Waals surface area (Å²) >= 11 is 0. The average molecular weight is 151 g/mol. The van der Waals surface area contributed by atoms with Gasteiger partial charge in [-0.25, -0.2) is 0 Å². The van der Waals surface area contributed by atoms with E-state index in [1.807, 2.05) is 36.7 Å². The van der Waals surface area contributed by atoms with E-state index in [1.54, 1.807) is 6.20 Å². The van der Waals surface area contributed by atoms with Gasteiger partial charge in [0.1, 0.15) is 0 Å². The summed E-state index contributed by atoms with van der Waals surface area (Å²) in [6, 6.07) is 2.02. The highest BCUT2D eigenvalue weighted by molar-refractivity contribution is 5.41. The summed E-state index contributed by atoms with van der Waals surface area (Å²) in [6.45, 7) is 5.67. The first-order chi connectivity index (χ1) is 5.15. The Kier molecular flexibility index (Phi) is 1.98. The van der Waals surface area contributed by atoms with Gasteiger partial charge in [0.15, 0.2) is 5.82 Å². The van der Waals surface area contributed by atoms with Crippen molar-refractivity contribution in [1.29, 1.82) is 0 Å². The van der Waals surface area contributed by atoms with Crippen LogP contribution in [0, 0.1) is 6.92 Å². The molecule has 0 aromatic carbocycles. The van der Waals surface area contributed by atoms with Crippen molar-refractivity contribution in [3.63, 3.8) is 0 Å². The predicted molar refractivity (Wildman–Crippen MR) is 46.5 cm³/mol. The Balaban J connectivity index is 2.96. The first-order valence-electron chi connectivity index (χ1n) is 3.51. The number of hydrogen-bond acceptors (Lipinski definition) is 2. The maximum atomic E-state index is 4.25. The van der Waals surface area contributed by atoms with Gasteiger partial charge in [-0.15, -0.1) is 0 Å². The maximum absolute atomic E-state index is 4.25. The molecule has 1 heterocycles. The third-order valence-corrected chi connectivity index (χ3v) is 1.74. The highest BCUT2D eigenvalue weighted by Crippen LogP contribution is 2.10. The monoisotopic (exact) mass is 151 g/mol. The van der Waals surface area contributed by atoms with Gasteiger partial charge in [0.2, 0.25) is 0 Å². The van der Waals surface area contributed by atoms with Crippen molar-refractivity contribution in [2.24, 2.45) is 7.05 Å². The maximum Gasteiger partial charge on any atom is 0.154 e. The molecule has 60 valence electrons.